The minimum atomic E-state index is -2.84. The van der Waals surface area contributed by atoms with E-state index in [9.17, 15) is 13.5 Å². The van der Waals surface area contributed by atoms with Crippen molar-refractivity contribution in [2.45, 2.75) is 25.9 Å². The highest BCUT2D eigenvalue weighted by Gasteiger charge is 2.18. The summed E-state index contributed by atoms with van der Waals surface area (Å²) in [5, 5.41) is 9.26. The highest BCUT2D eigenvalue weighted by molar-refractivity contribution is 7.91. The predicted molar refractivity (Wildman–Crippen MR) is 56.0 cm³/mol. The fourth-order valence-corrected chi connectivity index (χ4v) is 2.38. The molecule has 4 nitrogen and oxygen atoms in total. The van der Waals surface area contributed by atoms with E-state index in [0.29, 0.717) is 6.54 Å². The number of sulfone groups is 1. The average molecular weight is 221 g/mol. The summed E-state index contributed by atoms with van der Waals surface area (Å²) in [6.45, 7) is 3.93. The number of nitrogens with zero attached hydrogens (tertiary/aromatic N) is 1. The molecule has 1 fully saturated rings. The highest BCUT2D eigenvalue weighted by Crippen LogP contribution is 2.09. The van der Waals surface area contributed by atoms with Crippen molar-refractivity contribution in [1.82, 2.24) is 4.90 Å². The number of likely N-dealkylation sites (tertiary alicyclic amines) is 1. The first-order chi connectivity index (χ1) is 6.53. The normalized spacial score (nSPS) is 21.3. The number of hydrogen-bond acceptors (Lipinski definition) is 4. The van der Waals surface area contributed by atoms with Gasteiger partial charge in [0.2, 0.25) is 0 Å². The molecule has 0 atom stereocenters. The van der Waals surface area contributed by atoms with Crippen molar-refractivity contribution >= 4 is 9.84 Å². The van der Waals surface area contributed by atoms with Crippen LogP contribution in [0.2, 0.25) is 0 Å². The minimum Gasteiger partial charge on any atom is -0.393 e. The summed E-state index contributed by atoms with van der Waals surface area (Å²) >= 11 is 0. The summed E-state index contributed by atoms with van der Waals surface area (Å²) in [7, 11) is -2.84. The van der Waals surface area contributed by atoms with E-state index in [1.54, 1.807) is 6.92 Å². The molecule has 0 aromatic rings. The maximum atomic E-state index is 11.2. The molecule has 1 heterocycles. The molecule has 1 aliphatic heterocycles. The summed E-state index contributed by atoms with van der Waals surface area (Å²) in [5.74, 6) is 0.475. The van der Waals surface area contributed by atoms with Crippen LogP contribution in [0.15, 0.2) is 0 Å². The molecule has 0 unspecified atom stereocenters. The Bertz CT molecular complexity index is 255. The molecular weight excluding hydrogens is 202 g/mol. The van der Waals surface area contributed by atoms with E-state index < -0.39 is 9.84 Å². The van der Waals surface area contributed by atoms with Crippen molar-refractivity contribution in [3.05, 3.63) is 0 Å². The lowest BCUT2D eigenvalue weighted by molar-refractivity contribution is 0.0855. The molecule has 0 amide bonds. The molecule has 14 heavy (non-hydrogen) atoms. The van der Waals surface area contributed by atoms with Gasteiger partial charge in [-0.05, 0) is 12.8 Å². The lowest BCUT2D eigenvalue weighted by atomic mass is 10.1. The summed E-state index contributed by atoms with van der Waals surface area (Å²) in [6, 6.07) is 0. The zero-order chi connectivity index (χ0) is 10.6. The second-order valence-corrected chi connectivity index (χ2v) is 6.28. The van der Waals surface area contributed by atoms with Crippen molar-refractivity contribution in [2.75, 3.05) is 31.1 Å². The smallest absolute Gasteiger partial charge is 0.151 e. The van der Waals surface area contributed by atoms with Crippen LogP contribution in [-0.4, -0.2) is 55.7 Å². The van der Waals surface area contributed by atoms with Gasteiger partial charge < -0.3 is 10.0 Å². The van der Waals surface area contributed by atoms with Gasteiger partial charge in [-0.3, -0.25) is 0 Å². The number of rotatable bonds is 4. The molecule has 1 N–H and O–H groups in total. The van der Waals surface area contributed by atoms with Crippen LogP contribution in [0.3, 0.4) is 0 Å². The maximum Gasteiger partial charge on any atom is 0.151 e. The molecule has 1 aliphatic rings. The quantitative estimate of drug-likeness (QED) is 0.719. The topological polar surface area (TPSA) is 57.6 Å². The molecule has 0 spiro atoms. The van der Waals surface area contributed by atoms with E-state index in [4.69, 9.17) is 0 Å². The molecule has 84 valence electrons. The predicted octanol–water partition coefficient (Wildman–Crippen LogP) is -0.122. The van der Waals surface area contributed by atoms with Crippen LogP contribution >= 0.6 is 0 Å². The van der Waals surface area contributed by atoms with Gasteiger partial charge >= 0.3 is 0 Å². The van der Waals surface area contributed by atoms with Gasteiger partial charge in [-0.15, -0.1) is 0 Å². The summed E-state index contributed by atoms with van der Waals surface area (Å²) in [6.07, 6.45) is 1.35. The van der Waals surface area contributed by atoms with Gasteiger partial charge in [0.05, 0.1) is 11.9 Å². The maximum absolute atomic E-state index is 11.2. The van der Waals surface area contributed by atoms with Gasteiger partial charge in [0, 0.05) is 25.4 Å². The zero-order valence-corrected chi connectivity index (χ0v) is 9.46. The fraction of sp³-hybridized carbons (Fsp3) is 1.00. The molecule has 0 aromatic heterocycles. The Hall–Kier alpha value is -0.130. The van der Waals surface area contributed by atoms with Crippen molar-refractivity contribution in [2.24, 2.45) is 0 Å². The standard InChI is InChI=1S/C9H19NO3S/c1-2-14(12,13)8-7-10-5-3-9(11)4-6-10/h9,11H,2-8H2,1H3. The highest BCUT2D eigenvalue weighted by atomic mass is 32.2. The third kappa shape index (κ3) is 3.94. The minimum absolute atomic E-state index is 0.186. The molecule has 0 bridgehead atoms. The summed E-state index contributed by atoms with van der Waals surface area (Å²) < 4.78 is 22.5. The molecule has 0 saturated carbocycles. The summed E-state index contributed by atoms with van der Waals surface area (Å²) in [4.78, 5) is 2.11. The number of aliphatic hydroxyl groups excluding tert-OH is 1. The number of aliphatic hydroxyl groups is 1. The van der Waals surface area contributed by atoms with Gasteiger partial charge in [0.15, 0.2) is 9.84 Å². The van der Waals surface area contributed by atoms with Crippen LogP contribution < -0.4 is 0 Å². The van der Waals surface area contributed by atoms with E-state index in [2.05, 4.69) is 4.90 Å². The molecule has 0 aliphatic carbocycles. The van der Waals surface area contributed by atoms with E-state index in [1.807, 2.05) is 0 Å². The Morgan fingerprint density at radius 3 is 2.43 bits per heavy atom. The van der Waals surface area contributed by atoms with Gasteiger partial charge in [-0.25, -0.2) is 8.42 Å². The van der Waals surface area contributed by atoms with E-state index in [0.717, 1.165) is 25.9 Å². The van der Waals surface area contributed by atoms with Crippen LogP contribution in [0.4, 0.5) is 0 Å². The van der Waals surface area contributed by atoms with Crippen LogP contribution in [0, 0.1) is 0 Å². The molecule has 0 radical (unpaired) electrons. The number of piperidine rings is 1. The van der Waals surface area contributed by atoms with Crippen molar-refractivity contribution in [1.29, 1.82) is 0 Å². The lowest BCUT2D eigenvalue weighted by Crippen LogP contribution is -2.38. The molecule has 5 heteroatoms. The van der Waals surface area contributed by atoms with E-state index in [1.165, 1.54) is 0 Å². The van der Waals surface area contributed by atoms with Crippen LogP contribution in [0.1, 0.15) is 19.8 Å². The van der Waals surface area contributed by atoms with Crippen molar-refractivity contribution < 1.29 is 13.5 Å². The first-order valence-corrected chi connectivity index (χ1v) is 6.96. The van der Waals surface area contributed by atoms with E-state index >= 15 is 0 Å². The van der Waals surface area contributed by atoms with Crippen LogP contribution in [-0.2, 0) is 9.84 Å². The first-order valence-electron chi connectivity index (χ1n) is 5.14. The zero-order valence-electron chi connectivity index (χ0n) is 8.65. The van der Waals surface area contributed by atoms with Crippen LogP contribution in [0.25, 0.3) is 0 Å². The van der Waals surface area contributed by atoms with Crippen molar-refractivity contribution in [3.63, 3.8) is 0 Å². The molecule has 1 saturated heterocycles. The van der Waals surface area contributed by atoms with Gasteiger partial charge in [0.1, 0.15) is 0 Å². The third-order valence-electron chi connectivity index (χ3n) is 2.72. The Kier molecular flexibility index (Phi) is 4.34. The lowest BCUT2D eigenvalue weighted by Gasteiger charge is -2.29. The number of hydrogen-bond donors (Lipinski definition) is 1. The van der Waals surface area contributed by atoms with E-state index in [-0.39, 0.29) is 17.6 Å². The van der Waals surface area contributed by atoms with Gasteiger partial charge in [0.25, 0.3) is 0 Å². The van der Waals surface area contributed by atoms with Crippen LogP contribution in [0.5, 0.6) is 0 Å². The Balaban J connectivity index is 2.26. The Labute approximate surface area is 85.8 Å². The second-order valence-electron chi connectivity index (χ2n) is 3.81. The second kappa shape index (κ2) is 5.09. The fourth-order valence-electron chi connectivity index (χ4n) is 1.56. The van der Waals surface area contributed by atoms with Gasteiger partial charge in [-0.1, -0.05) is 6.92 Å². The van der Waals surface area contributed by atoms with Gasteiger partial charge in [-0.2, -0.15) is 0 Å². The monoisotopic (exact) mass is 221 g/mol. The van der Waals surface area contributed by atoms with Crippen molar-refractivity contribution in [3.8, 4) is 0 Å². The Morgan fingerprint density at radius 2 is 1.93 bits per heavy atom. The summed E-state index contributed by atoms with van der Waals surface area (Å²) in [5.41, 5.74) is 0. The first kappa shape index (κ1) is 11.9. The molecule has 1 rings (SSSR count). The SMILES string of the molecule is CCS(=O)(=O)CCN1CCC(O)CC1. The third-order valence-corrected chi connectivity index (χ3v) is 4.40. The largest absolute Gasteiger partial charge is 0.393 e. The molecular formula is C9H19NO3S. The average Bonchev–Trinajstić information content (AvgIpc) is 2.17. The Morgan fingerprint density at radius 1 is 1.36 bits per heavy atom. The molecule has 0 aromatic carbocycles.